The molecule has 0 aliphatic heterocycles. The van der Waals surface area contributed by atoms with Gasteiger partial charge in [-0.2, -0.15) is 13.2 Å². The van der Waals surface area contributed by atoms with Crippen LogP contribution in [-0.4, -0.2) is 0 Å². The van der Waals surface area contributed by atoms with Crippen molar-refractivity contribution in [3.05, 3.63) is 32.9 Å². The number of hydrogen-bond donors (Lipinski definition) is 0. The van der Waals surface area contributed by atoms with Gasteiger partial charge in [0, 0.05) is 8.90 Å². The van der Waals surface area contributed by atoms with Crippen LogP contribution in [0.2, 0.25) is 0 Å². The maximum Gasteiger partial charge on any atom is 0.416 e. The summed E-state index contributed by atoms with van der Waals surface area (Å²) in [7, 11) is 0. The van der Waals surface area contributed by atoms with Crippen LogP contribution in [0, 0.1) is 3.57 Å². The molecule has 0 fully saturated rings. The van der Waals surface area contributed by atoms with E-state index in [1.165, 1.54) is 0 Å². The van der Waals surface area contributed by atoms with Gasteiger partial charge in [0.15, 0.2) is 0 Å². The van der Waals surface area contributed by atoms with Crippen molar-refractivity contribution >= 4 is 38.5 Å². The fraction of sp³-hybridized carbons (Fsp3) is 0.250. The van der Waals surface area contributed by atoms with Gasteiger partial charge in [-0.15, -0.1) is 0 Å². The molecule has 0 N–H and O–H groups in total. The van der Waals surface area contributed by atoms with E-state index in [-0.39, 0.29) is 0 Å². The monoisotopic (exact) mass is 364 g/mol. The molecule has 0 aromatic heterocycles. The van der Waals surface area contributed by atoms with Gasteiger partial charge in [-0.1, -0.05) is 15.9 Å². The molecule has 0 bridgehead atoms. The third kappa shape index (κ3) is 3.12. The van der Waals surface area contributed by atoms with Crippen LogP contribution in [0.1, 0.15) is 11.1 Å². The fourth-order valence-electron chi connectivity index (χ4n) is 0.891. The van der Waals surface area contributed by atoms with Crippen LogP contribution < -0.4 is 0 Å². The Morgan fingerprint density at radius 3 is 2.31 bits per heavy atom. The third-order valence-corrected chi connectivity index (χ3v) is 2.71. The Morgan fingerprint density at radius 2 is 1.85 bits per heavy atom. The van der Waals surface area contributed by atoms with Gasteiger partial charge in [-0.3, -0.25) is 0 Å². The Labute approximate surface area is 95.8 Å². The molecule has 5 heteroatoms. The molecule has 0 radical (unpaired) electrons. The largest absolute Gasteiger partial charge is 0.416 e. The molecule has 0 nitrogen and oxygen atoms in total. The molecule has 0 heterocycles. The lowest BCUT2D eigenvalue weighted by Gasteiger charge is -2.08. The van der Waals surface area contributed by atoms with Crippen LogP contribution in [0.5, 0.6) is 0 Å². The zero-order valence-electron chi connectivity index (χ0n) is 6.33. The summed E-state index contributed by atoms with van der Waals surface area (Å²) < 4.78 is 37.4. The SMILES string of the molecule is FC(F)(F)c1cc(I)cc(CBr)c1. The van der Waals surface area contributed by atoms with Crippen molar-refractivity contribution in [1.82, 2.24) is 0 Å². The molecule has 1 rings (SSSR count). The zero-order chi connectivity index (χ0) is 10.1. The molecule has 72 valence electrons. The average Bonchev–Trinajstić information content (AvgIpc) is 2.01. The maximum absolute atomic E-state index is 12.3. The van der Waals surface area contributed by atoms with E-state index in [0.717, 1.165) is 12.1 Å². The molecule has 1 aromatic carbocycles. The van der Waals surface area contributed by atoms with E-state index in [2.05, 4.69) is 15.9 Å². The van der Waals surface area contributed by atoms with E-state index in [1.54, 1.807) is 6.07 Å². The van der Waals surface area contributed by atoms with E-state index in [9.17, 15) is 13.2 Å². The minimum atomic E-state index is -4.25. The van der Waals surface area contributed by atoms with Gasteiger partial charge in [0.05, 0.1) is 5.56 Å². The summed E-state index contributed by atoms with van der Waals surface area (Å²) >= 11 is 5.00. The first-order valence-electron chi connectivity index (χ1n) is 3.36. The Hall–Kier alpha value is 0.220. The normalized spacial score (nSPS) is 11.8. The highest BCUT2D eigenvalue weighted by Gasteiger charge is 2.30. The van der Waals surface area contributed by atoms with Crippen molar-refractivity contribution in [2.45, 2.75) is 11.5 Å². The van der Waals surface area contributed by atoms with Crippen LogP contribution in [-0.2, 0) is 11.5 Å². The topological polar surface area (TPSA) is 0 Å². The standard InChI is InChI=1S/C8H5BrF3I/c9-4-5-1-6(8(10,11)12)3-7(13)2-5/h1-3H,4H2. The second-order valence-corrected chi connectivity index (χ2v) is 4.29. The predicted octanol–water partition coefficient (Wildman–Crippen LogP) is 4.20. The summed E-state index contributed by atoms with van der Waals surface area (Å²) in [6.07, 6.45) is -4.25. The lowest BCUT2D eigenvalue weighted by molar-refractivity contribution is -0.137. The molecule has 0 saturated carbocycles. The smallest absolute Gasteiger partial charge is 0.166 e. The molecule has 0 atom stereocenters. The highest BCUT2D eigenvalue weighted by molar-refractivity contribution is 14.1. The van der Waals surface area contributed by atoms with Gasteiger partial charge in [-0.25, -0.2) is 0 Å². The minimum Gasteiger partial charge on any atom is -0.166 e. The first-order valence-corrected chi connectivity index (χ1v) is 5.56. The van der Waals surface area contributed by atoms with Gasteiger partial charge in [0.1, 0.15) is 0 Å². The van der Waals surface area contributed by atoms with Gasteiger partial charge in [0.2, 0.25) is 0 Å². The maximum atomic E-state index is 12.3. The summed E-state index contributed by atoms with van der Waals surface area (Å²) in [6, 6.07) is 3.99. The van der Waals surface area contributed by atoms with Crippen LogP contribution in [0.4, 0.5) is 13.2 Å². The molecule has 1 aromatic rings. The van der Waals surface area contributed by atoms with E-state index < -0.39 is 11.7 Å². The van der Waals surface area contributed by atoms with Gasteiger partial charge < -0.3 is 0 Å². The van der Waals surface area contributed by atoms with Crippen molar-refractivity contribution < 1.29 is 13.2 Å². The highest BCUT2D eigenvalue weighted by Crippen LogP contribution is 2.31. The molecule has 0 aliphatic carbocycles. The number of benzene rings is 1. The third-order valence-electron chi connectivity index (χ3n) is 1.44. The first-order chi connectivity index (χ1) is 5.93. The highest BCUT2D eigenvalue weighted by atomic mass is 127. The number of hydrogen-bond acceptors (Lipinski definition) is 0. The van der Waals surface area contributed by atoms with E-state index in [1.807, 2.05) is 22.6 Å². The molecule has 0 amide bonds. The molecule has 0 saturated heterocycles. The molecule has 0 unspecified atom stereocenters. The van der Waals surface area contributed by atoms with Crippen molar-refractivity contribution in [2.24, 2.45) is 0 Å². The van der Waals surface area contributed by atoms with E-state index in [0.29, 0.717) is 14.5 Å². The summed E-state index contributed by atoms with van der Waals surface area (Å²) in [5.74, 6) is 0. The Balaban J connectivity index is 3.16. The zero-order valence-corrected chi connectivity index (χ0v) is 10.1. The number of halogens is 5. The second-order valence-electron chi connectivity index (χ2n) is 2.48. The number of alkyl halides is 4. The molecule has 0 spiro atoms. The Kier molecular flexibility index (Phi) is 3.62. The fourth-order valence-corrected chi connectivity index (χ4v) is 1.95. The average molecular weight is 365 g/mol. The Morgan fingerprint density at radius 1 is 1.23 bits per heavy atom. The summed E-state index contributed by atoms with van der Waals surface area (Å²) in [5.41, 5.74) is 0.0491. The lowest BCUT2D eigenvalue weighted by Crippen LogP contribution is -2.05. The molecule has 0 aliphatic rings. The van der Waals surface area contributed by atoms with Crippen molar-refractivity contribution in [1.29, 1.82) is 0 Å². The molecule has 13 heavy (non-hydrogen) atoms. The van der Waals surface area contributed by atoms with Crippen LogP contribution in [0.15, 0.2) is 18.2 Å². The van der Waals surface area contributed by atoms with Crippen molar-refractivity contribution in [2.75, 3.05) is 0 Å². The van der Waals surface area contributed by atoms with Crippen LogP contribution >= 0.6 is 38.5 Å². The van der Waals surface area contributed by atoms with Crippen LogP contribution in [0.25, 0.3) is 0 Å². The van der Waals surface area contributed by atoms with E-state index in [4.69, 9.17) is 0 Å². The Bertz CT molecular complexity index is 309. The summed E-state index contributed by atoms with van der Waals surface area (Å²) in [6.45, 7) is 0. The minimum absolute atomic E-state index is 0.437. The summed E-state index contributed by atoms with van der Waals surface area (Å²) in [5, 5.41) is 0.437. The first kappa shape index (κ1) is 11.3. The molecular formula is C8H5BrF3I. The van der Waals surface area contributed by atoms with Crippen LogP contribution in [0.3, 0.4) is 0 Å². The van der Waals surface area contributed by atoms with Crippen molar-refractivity contribution in [3.8, 4) is 0 Å². The van der Waals surface area contributed by atoms with E-state index >= 15 is 0 Å². The summed E-state index contributed by atoms with van der Waals surface area (Å²) in [4.78, 5) is 0. The lowest BCUT2D eigenvalue weighted by atomic mass is 10.1. The molecular weight excluding hydrogens is 360 g/mol. The second kappa shape index (κ2) is 4.16. The quantitative estimate of drug-likeness (QED) is 0.517. The van der Waals surface area contributed by atoms with Gasteiger partial charge in [0.25, 0.3) is 0 Å². The van der Waals surface area contributed by atoms with Gasteiger partial charge >= 0.3 is 6.18 Å². The van der Waals surface area contributed by atoms with Gasteiger partial charge in [-0.05, 0) is 46.4 Å². The predicted molar refractivity (Wildman–Crippen MR) is 56.8 cm³/mol. The number of rotatable bonds is 1. The van der Waals surface area contributed by atoms with Crippen molar-refractivity contribution in [3.63, 3.8) is 0 Å².